The average Bonchev–Trinajstić information content (AvgIpc) is 2.99. The van der Waals surface area contributed by atoms with Crippen LogP contribution in [-0.4, -0.2) is 58.5 Å². The molecule has 3 rings (SSSR count). The minimum atomic E-state index is -3.72. The number of rotatable bonds is 8. The lowest BCUT2D eigenvalue weighted by atomic mass is 9.91. The highest BCUT2D eigenvalue weighted by Gasteiger charge is 2.44. The Balaban J connectivity index is 1.56. The zero-order valence-electron chi connectivity index (χ0n) is 19.1. The van der Waals surface area contributed by atoms with Crippen molar-refractivity contribution in [3.63, 3.8) is 0 Å². The Morgan fingerprint density at radius 1 is 0.677 bits per heavy atom. The molecule has 8 nitrogen and oxygen atoms in total. The van der Waals surface area contributed by atoms with Crippen LogP contribution in [0, 0.1) is 11.8 Å². The van der Waals surface area contributed by atoms with Gasteiger partial charge in [0, 0.05) is 0 Å². The summed E-state index contributed by atoms with van der Waals surface area (Å²) in [6.07, 6.45) is 4.43. The lowest BCUT2D eigenvalue weighted by Crippen LogP contribution is -2.37. The van der Waals surface area contributed by atoms with Crippen LogP contribution < -0.4 is 0 Å². The largest absolute Gasteiger partial charge is 0.342 e. The third-order valence-corrected chi connectivity index (χ3v) is 10.3. The van der Waals surface area contributed by atoms with Crippen LogP contribution in [0.15, 0.2) is 0 Å². The molecule has 0 spiro atoms. The summed E-state index contributed by atoms with van der Waals surface area (Å²) in [6, 6.07) is 0. The van der Waals surface area contributed by atoms with E-state index in [-0.39, 0.29) is 13.2 Å². The van der Waals surface area contributed by atoms with Gasteiger partial charge in [-0.15, -0.1) is 0 Å². The molecule has 0 amide bonds. The molecule has 2 saturated carbocycles. The van der Waals surface area contributed by atoms with Gasteiger partial charge >= 0.3 is 0 Å². The van der Waals surface area contributed by atoms with Gasteiger partial charge in [-0.2, -0.15) is 16.8 Å². The molecule has 0 aromatic carbocycles. The second-order valence-electron chi connectivity index (χ2n) is 10.0. The predicted molar refractivity (Wildman–Crippen MR) is 116 cm³/mol. The molecule has 182 valence electrons. The maximum absolute atomic E-state index is 12.6. The fourth-order valence-corrected chi connectivity index (χ4v) is 7.48. The van der Waals surface area contributed by atoms with Crippen molar-refractivity contribution in [3.8, 4) is 0 Å². The fraction of sp³-hybridized carbons (Fsp3) is 1.00. The summed E-state index contributed by atoms with van der Waals surface area (Å²) in [6.45, 7) is 7.23. The Labute approximate surface area is 187 Å². The van der Waals surface area contributed by atoms with Crippen LogP contribution in [0.1, 0.15) is 79.1 Å². The van der Waals surface area contributed by atoms with Gasteiger partial charge in [-0.05, 0) is 77.0 Å². The van der Waals surface area contributed by atoms with Gasteiger partial charge in [-0.3, -0.25) is 8.37 Å². The normalized spacial score (nSPS) is 37.0. The second kappa shape index (κ2) is 9.93. The van der Waals surface area contributed by atoms with Crippen molar-refractivity contribution in [1.29, 1.82) is 0 Å². The van der Waals surface area contributed by atoms with E-state index in [1.54, 1.807) is 13.8 Å². The van der Waals surface area contributed by atoms with E-state index in [1.165, 1.54) is 0 Å². The zero-order chi connectivity index (χ0) is 22.9. The first-order valence-corrected chi connectivity index (χ1v) is 14.4. The molecule has 1 saturated heterocycles. The molecule has 31 heavy (non-hydrogen) atoms. The summed E-state index contributed by atoms with van der Waals surface area (Å²) in [5.74, 6) is 0.0974. The molecule has 2 atom stereocenters. The first kappa shape index (κ1) is 25.4. The van der Waals surface area contributed by atoms with E-state index in [0.717, 1.165) is 25.7 Å². The summed E-state index contributed by atoms with van der Waals surface area (Å²) < 4.78 is 72.8. The average molecular weight is 483 g/mol. The van der Waals surface area contributed by atoms with E-state index in [4.69, 9.17) is 17.8 Å². The minimum Gasteiger partial charge on any atom is -0.342 e. The van der Waals surface area contributed by atoms with Crippen molar-refractivity contribution in [2.24, 2.45) is 11.8 Å². The third kappa shape index (κ3) is 6.86. The lowest BCUT2D eigenvalue weighted by molar-refractivity contribution is -0.150. The first-order chi connectivity index (χ1) is 14.4. The molecule has 0 N–H and O–H groups in total. The fourth-order valence-electron chi connectivity index (χ4n) is 4.74. The van der Waals surface area contributed by atoms with Gasteiger partial charge in [0.05, 0.1) is 23.7 Å². The summed E-state index contributed by atoms with van der Waals surface area (Å²) in [4.78, 5) is 0. The van der Waals surface area contributed by atoms with E-state index in [9.17, 15) is 16.8 Å². The molecule has 1 aliphatic heterocycles. The molecule has 0 aromatic heterocycles. The van der Waals surface area contributed by atoms with Crippen molar-refractivity contribution in [3.05, 3.63) is 0 Å². The number of ether oxygens (including phenoxy) is 2. The van der Waals surface area contributed by atoms with Crippen LogP contribution in [-0.2, 0) is 38.1 Å². The van der Waals surface area contributed by atoms with Gasteiger partial charge in [0.2, 0.25) is 0 Å². The molecule has 0 aromatic rings. The lowest BCUT2D eigenvalue weighted by Gasteiger charge is -2.27. The molecule has 3 aliphatic rings. The maximum Gasteiger partial charge on any atom is 0.270 e. The van der Waals surface area contributed by atoms with E-state index in [2.05, 4.69) is 13.8 Å². The number of hydrogen-bond acceptors (Lipinski definition) is 8. The van der Waals surface area contributed by atoms with Crippen molar-refractivity contribution in [2.45, 2.75) is 108 Å². The molecule has 2 unspecified atom stereocenters. The summed E-state index contributed by atoms with van der Waals surface area (Å²) in [5, 5.41) is -0.995. The van der Waals surface area contributed by atoms with Crippen molar-refractivity contribution < 1.29 is 34.7 Å². The van der Waals surface area contributed by atoms with Gasteiger partial charge in [-0.1, -0.05) is 13.8 Å². The van der Waals surface area contributed by atoms with Gasteiger partial charge < -0.3 is 9.47 Å². The molecule has 0 bridgehead atoms. The highest BCUT2D eigenvalue weighted by atomic mass is 32.2. The van der Waals surface area contributed by atoms with Crippen molar-refractivity contribution in [2.75, 3.05) is 13.2 Å². The molecular weight excluding hydrogens is 444 g/mol. The molecule has 0 radical (unpaired) electrons. The highest BCUT2D eigenvalue weighted by Crippen LogP contribution is 2.33. The molecule has 3 fully saturated rings. The molecule has 2 aliphatic carbocycles. The zero-order valence-corrected chi connectivity index (χ0v) is 20.8. The Morgan fingerprint density at radius 2 is 1.00 bits per heavy atom. The van der Waals surface area contributed by atoms with Crippen LogP contribution in [0.4, 0.5) is 0 Å². The SMILES string of the molecule is CC1CCC(S(=O)(=O)OCC2OC(C)(C)OC2COS(=O)(=O)C2CCC(C)CC2)CC1. The molecular formula is C21H38O8S2. The monoisotopic (exact) mass is 482 g/mol. The van der Waals surface area contributed by atoms with Gasteiger partial charge in [-0.25, -0.2) is 0 Å². The standard InChI is InChI=1S/C21H38O8S2/c1-15-5-9-17(10-6-15)30(22,23)26-13-19-20(29-21(3,4)28-19)14-27-31(24,25)18-11-7-16(2)8-12-18/h15-20H,5-14H2,1-4H3. The Kier molecular flexibility index (Phi) is 8.12. The van der Waals surface area contributed by atoms with Crippen molar-refractivity contribution >= 4 is 20.2 Å². The predicted octanol–water partition coefficient (Wildman–Crippen LogP) is 3.36. The second-order valence-corrected chi connectivity index (χ2v) is 13.8. The smallest absolute Gasteiger partial charge is 0.270 e. The topological polar surface area (TPSA) is 105 Å². The van der Waals surface area contributed by atoms with Crippen LogP contribution in [0.25, 0.3) is 0 Å². The van der Waals surface area contributed by atoms with Crippen molar-refractivity contribution in [1.82, 2.24) is 0 Å². The van der Waals surface area contributed by atoms with E-state index >= 15 is 0 Å². The summed E-state index contributed by atoms with van der Waals surface area (Å²) in [7, 11) is -7.43. The van der Waals surface area contributed by atoms with Crippen LogP contribution in [0.3, 0.4) is 0 Å². The highest BCUT2D eigenvalue weighted by molar-refractivity contribution is 7.87. The maximum atomic E-state index is 12.6. The van der Waals surface area contributed by atoms with Crippen LogP contribution in [0.2, 0.25) is 0 Å². The molecule has 1 heterocycles. The Bertz CT molecular complexity index is 725. The molecule has 10 heteroatoms. The van der Waals surface area contributed by atoms with E-state index in [1.807, 2.05) is 0 Å². The quantitative estimate of drug-likeness (QED) is 0.485. The third-order valence-electron chi connectivity index (χ3n) is 6.82. The van der Waals surface area contributed by atoms with E-state index < -0.39 is 48.7 Å². The Morgan fingerprint density at radius 3 is 1.32 bits per heavy atom. The van der Waals surface area contributed by atoms with Gasteiger partial charge in [0.15, 0.2) is 5.79 Å². The Hall–Kier alpha value is -0.260. The first-order valence-electron chi connectivity index (χ1n) is 11.5. The number of hydrogen-bond donors (Lipinski definition) is 0. The van der Waals surface area contributed by atoms with E-state index in [0.29, 0.717) is 37.5 Å². The van der Waals surface area contributed by atoms with Gasteiger partial charge in [0.25, 0.3) is 20.2 Å². The van der Waals surface area contributed by atoms with Crippen LogP contribution >= 0.6 is 0 Å². The summed E-state index contributed by atoms with van der Waals surface area (Å²) in [5.41, 5.74) is 0. The minimum absolute atomic E-state index is 0.215. The van der Waals surface area contributed by atoms with Crippen LogP contribution in [0.5, 0.6) is 0 Å². The summed E-state index contributed by atoms with van der Waals surface area (Å²) >= 11 is 0. The van der Waals surface area contributed by atoms with Gasteiger partial charge in [0.1, 0.15) is 12.2 Å².